The molecule has 0 unspecified atom stereocenters. The SMILES string of the molecule is Cn1c(=NC(=O)c2cc3ccccc3o2)sc2ccc(Cl)c(Cl)c21. The van der Waals surface area contributed by atoms with E-state index in [1.165, 1.54) is 11.3 Å². The van der Waals surface area contributed by atoms with E-state index in [4.69, 9.17) is 27.6 Å². The number of carbonyl (C=O) groups is 1. The Morgan fingerprint density at radius 1 is 1.21 bits per heavy atom. The Kier molecular flexibility index (Phi) is 3.72. The minimum absolute atomic E-state index is 0.206. The summed E-state index contributed by atoms with van der Waals surface area (Å²) in [4.78, 5) is 17.1. The van der Waals surface area contributed by atoms with Crippen molar-refractivity contribution in [3.8, 4) is 0 Å². The molecule has 0 spiro atoms. The van der Waals surface area contributed by atoms with Crippen LogP contribution in [0.25, 0.3) is 21.2 Å². The maximum atomic E-state index is 12.4. The zero-order valence-electron chi connectivity index (χ0n) is 12.4. The molecule has 0 aliphatic heterocycles. The minimum Gasteiger partial charge on any atom is -0.451 e. The Bertz CT molecular complexity index is 1140. The number of rotatable bonds is 1. The molecule has 1 amide bonds. The summed E-state index contributed by atoms with van der Waals surface area (Å²) in [5, 5.41) is 1.78. The van der Waals surface area contributed by atoms with Gasteiger partial charge in [-0.2, -0.15) is 4.99 Å². The monoisotopic (exact) mass is 376 g/mol. The van der Waals surface area contributed by atoms with Crippen molar-refractivity contribution in [3.05, 3.63) is 63.1 Å². The van der Waals surface area contributed by atoms with E-state index in [1.807, 2.05) is 30.3 Å². The first-order valence-corrected chi connectivity index (χ1v) is 8.63. The molecule has 4 nitrogen and oxygen atoms in total. The number of halogens is 2. The van der Waals surface area contributed by atoms with Crippen molar-refractivity contribution in [2.75, 3.05) is 0 Å². The van der Waals surface area contributed by atoms with Crippen LogP contribution < -0.4 is 4.80 Å². The smallest absolute Gasteiger partial charge is 0.315 e. The van der Waals surface area contributed by atoms with Gasteiger partial charge in [0, 0.05) is 12.4 Å². The van der Waals surface area contributed by atoms with Gasteiger partial charge in [0.25, 0.3) is 0 Å². The second-order valence-electron chi connectivity index (χ2n) is 5.22. The van der Waals surface area contributed by atoms with Crippen LogP contribution in [0, 0.1) is 0 Å². The maximum absolute atomic E-state index is 12.4. The third kappa shape index (κ3) is 2.45. The lowest BCUT2D eigenvalue weighted by Crippen LogP contribution is -2.13. The topological polar surface area (TPSA) is 47.5 Å². The van der Waals surface area contributed by atoms with Crippen molar-refractivity contribution >= 4 is 61.6 Å². The molecule has 0 fully saturated rings. The quantitative estimate of drug-likeness (QED) is 0.467. The third-order valence-corrected chi connectivity index (χ3v) is 5.58. The molecular formula is C17H10Cl2N2O2S. The van der Waals surface area contributed by atoms with Crippen LogP contribution >= 0.6 is 34.5 Å². The maximum Gasteiger partial charge on any atom is 0.315 e. The van der Waals surface area contributed by atoms with E-state index in [2.05, 4.69) is 4.99 Å². The van der Waals surface area contributed by atoms with Gasteiger partial charge in [-0.15, -0.1) is 0 Å². The summed E-state index contributed by atoms with van der Waals surface area (Å²) in [5.74, 6) is -0.228. The summed E-state index contributed by atoms with van der Waals surface area (Å²) in [6, 6.07) is 12.7. The number of hydrogen-bond acceptors (Lipinski definition) is 3. The lowest BCUT2D eigenvalue weighted by Gasteiger charge is -1.99. The van der Waals surface area contributed by atoms with E-state index >= 15 is 0 Å². The second kappa shape index (κ2) is 5.77. The van der Waals surface area contributed by atoms with Crippen LogP contribution in [0.15, 0.2) is 51.9 Å². The fourth-order valence-electron chi connectivity index (χ4n) is 2.51. The van der Waals surface area contributed by atoms with Crippen LogP contribution in [0.3, 0.4) is 0 Å². The number of benzene rings is 2. The fourth-order valence-corrected chi connectivity index (χ4v) is 4.03. The minimum atomic E-state index is -0.435. The Labute approximate surface area is 150 Å². The van der Waals surface area contributed by atoms with Crippen LogP contribution in [-0.2, 0) is 7.05 Å². The van der Waals surface area contributed by atoms with Crippen molar-refractivity contribution in [1.82, 2.24) is 4.57 Å². The molecule has 120 valence electrons. The highest BCUT2D eigenvalue weighted by atomic mass is 35.5. The van der Waals surface area contributed by atoms with E-state index in [1.54, 1.807) is 23.7 Å². The molecule has 2 heterocycles. The van der Waals surface area contributed by atoms with Gasteiger partial charge in [-0.1, -0.05) is 52.7 Å². The van der Waals surface area contributed by atoms with Crippen molar-refractivity contribution in [2.45, 2.75) is 0 Å². The predicted molar refractivity (Wildman–Crippen MR) is 96.9 cm³/mol. The van der Waals surface area contributed by atoms with E-state index < -0.39 is 5.91 Å². The second-order valence-corrected chi connectivity index (χ2v) is 7.01. The summed E-state index contributed by atoms with van der Waals surface area (Å²) in [7, 11) is 1.80. The number of thiazole rings is 1. The molecule has 24 heavy (non-hydrogen) atoms. The lowest BCUT2D eigenvalue weighted by molar-refractivity contribution is 0.0973. The predicted octanol–water partition coefficient (Wildman–Crippen LogP) is 5.03. The van der Waals surface area contributed by atoms with Crippen molar-refractivity contribution < 1.29 is 9.21 Å². The molecule has 0 bridgehead atoms. The summed E-state index contributed by atoms with van der Waals surface area (Å²) < 4.78 is 8.23. The van der Waals surface area contributed by atoms with Crippen LogP contribution in [0.4, 0.5) is 0 Å². The normalized spacial score (nSPS) is 12.4. The fraction of sp³-hybridized carbons (Fsp3) is 0.0588. The zero-order chi connectivity index (χ0) is 16.8. The average molecular weight is 377 g/mol. The largest absolute Gasteiger partial charge is 0.451 e. The van der Waals surface area contributed by atoms with E-state index in [0.29, 0.717) is 20.4 Å². The number of amides is 1. The highest BCUT2D eigenvalue weighted by Crippen LogP contribution is 2.31. The molecule has 0 atom stereocenters. The number of aromatic nitrogens is 1. The number of aryl methyl sites for hydroxylation is 1. The lowest BCUT2D eigenvalue weighted by atomic mass is 10.2. The van der Waals surface area contributed by atoms with Crippen LogP contribution in [0.5, 0.6) is 0 Å². The first-order valence-electron chi connectivity index (χ1n) is 7.06. The summed E-state index contributed by atoms with van der Waals surface area (Å²) in [5.41, 5.74) is 1.41. The van der Waals surface area contributed by atoms with Crippen LogP contribution in [0.2, 0.25) is 10.0 Å². The zero-order valence-corrected chi connectivity index (χ0v) is 14.7. The number of hydrogen-bond donors (Lipinski definition) is 0. The summed E-state index contributed by atoms with van der Waals surface area (Å²) in [6.45, 7) is 0. The van der Waals surface area contributed by atoms with Gasteiger partial charge in [-0.3, -0.25) is 4.79 Å². The number of furan rings is 1. The van der Waals surface area contributed by atoms with Crippen LogP contribution in [-0.4, -0.2) is 10.5 Å². The Hall–Kier alpha value is -2.08. The van der Waals surface area contributed by atoms with E-state index in [0.717, 1.165) is 15.6 Å². The molecule has 4 aromatic rings. The standard InChI is InChI=1S/C17H10Cl2N2O2S/c1-21-15-13(7-6-10(18)14(15)19)24-17(21)20-16(22)12-8-9-4-2-3-5-11(9)23-12/h2-8H,1H3. The molecule has 7 heteroatoms. The molecule has 0 aliphatic rings. The van der Waals surface area contributed by atoms with Crippen LogP contribution in [0.1, 0.15) is 10.6 Å². The van der Waals surface area contributed by atoms with Gasteiger partial charge in [0.1, 0.15) is 5.58 Å². The molecule has 4 rings (SSSR count). The van der Waals surface area contributed by atoms with E-state index in [-0.39, 0.29) is 5.76 Å². The summed E-state index contributed by atoms with van der Waals surface area (Å²) >= 11 is 13.7. The van der Waals surface area contributed by atoms with Crippen molar-refractivity contribution in [2.24, 2.45) is 12.0 Å². The van der Waals surface area contributed by atoms with Gasteiger partial charge >= 0.3 is 5.91 Å². The molecular weight excluding hydrogens is 367 g/mol. The Balaban J connectivity index is 1.85. The number of carbonyl (C=O) groups excluding carboxylic acids is 1. The highest BCUT2D eigenvalue weighted by molar-refractivity contribution is 7.16. The molecule has 0 N–H and O–H groups in total. The first-order chi connectivity index (χ1) is 11.5. The van der Waals surface area contributed by atoms with Gasteiger partial charge in [0.15, 0.2) is 10.6 Å². The summed E-state index contributed by atoms with van der Waals surface area (Å²) in [6.07, 6.45) is 0. The van der Waals surface area contributed by atoms with Gasteiger partial charge in [-0.05, 0) is 24.3 Å². The number of para-hydroxylation sites is 1. The van der Waals surface area contributed by atoms with E-state index in [9.17, 15) is 4.79 Å². The third-order valence-electron chi connectivity index (χ3n) is 3.69. The Morgan fingerprint density at radius 2 is 2.00 bits per heavy atom. The number of fused-ring (bicyclic) bond motifs is 2. The van der Waals surface area contributed by atoms with Crippen molar-refractivity contribution in [3.63, 3.8) is 0 Å². The van der Waals surface area contributed by atoms with Gasteiger partial charge in [-0.25, -0.2) is 0 Å². The molecule has 2 aromatic heterocycles. The van der Waals surface area contributed by atoms with Crippen molar-refractivity contribution in [1.29, 1.82) is 0 Å². The first kappa shape index (κ1) is 15.4. The molecule has 0 aliphatic carbocycles. The highest BCUT2D eigenvalue weighted by Gasteiger charge is 2.14. The van der Waals surface area contributed by atoms with Gasteiger partial charge in [0.05, 0.1) is 20.3 Å². The molecule has 0 saturated carbocycles. The van der Waals surface area contributed by atoms with Gasteiger partial charge in [0.2, 0.25) is 0 Å². The molecule has 0 radical (unpaired) electrons. The average Bonchev–Trinajstić information content (AvgIpc) is 3.13. The molecule has 0 saturated heterocycles. The number of nitrogens with zero attached hydrogens (tertiary/aromatic N) is 2. The molecule has 2 aromatic carbocycles. The van der Waals surface area contributed by atoms with Gasteiger partial charge < -0.3 is 8.98 Å². The Morgan fingerprint density at radius 3 is 2.79 bits per heavy atom.